The second-order valence-corrected chi connectivity index (χ2v) is 7.53. The van der Waals surface area contributed by atoms with Crippen LogP contribution in [0.3, 0.4) is 0 Å². The summed E-state index contributed by atoms with van der Waals surface area (Å²) < 4.78 is 45.0. The summed E-state index contributed by atoms with van der Waals surface area (Å²) in [7, 11) is 0. The summed E-state index contributed by atoms with van der Waals surface area (Å²) in [5, 5.41) is 20.1. The van der Waals surface area contributed by atoms with Gasteiger partial charge >= 0.3 is 6.18 Å². The fraction of sp³-hybridized carbons (Fsp3) is 0.556. The molecule has 1 aromatic heterocycles. The molecule has 1 amide bonds. The number of piperidine rings is 1. The predicted octanol–water partition coefficient (Wildman–Crippen LogP) is 2.99. The minimum atomic E-state index is -4.48. The number of rotatable bonds is 6. The van der Waals surface area contributed by atoms with Crippen molar-refractivity contribution in [3.05, 3.63) is 24.3 Å². The molecule has 2 aromatic rings. The number of nitrogens with zero attached hydrogens (tertiary/aromatic N) is 6. The summed E-state index contributed by atoms with van der Waals surface area (Å²) in [6.45, 7) is 2.36. The minimum Gasteiger partial charge on any atom is -0.481 e. The Morgan fingerprint density at radius 1 is 1.33 bits per heavy atom. The van der Waals surface area contributed by atoms with E-state index >= 15 is 0 Å². The minimum absolute atomic E-state index is 0.215. The van der Waals surface area contributed by atoms with Crippen LogP contribution in [-0.2, 0) is 4.79 Å². The summed E-state index contributed by atoms with van der Waals surface area (Å²) in [5.74, 6) is 0.368. The first-order valence-electron chi connectivity index (χ1n) is 9.57. The molecule has 2 aliphatic heterocycles. The third-order valence-electron chi connectivity index (χ3n) is 5.32. The zero-order valence-corrected chi connectivity index (χ0v) is 16.1. The van der Waals surface area contributed by atoms with Gasteiger partial charge in [0.2, 0.25) is 5.82 Å². The van der Waals surface area contributed by atoms with Crippen molar-refractivity contribution < 1.29 is 22.7 Å². The van der Waals surface area contributed by atoms with Gasteiger partial charge in [-0.15, -0.1) is 20.4 Å². The van der Waals surface area contributed by atoms with Gasteiger partial charge in [-0.2, -0.15) is 18.4 Å². The molecule has 0 saturated carbocycles. The molecule has 160 valence electrons. The summed E-state index contributed by atoms with van der Waals surface area (Å²) in [5.41, 5.74) is -1.53. The fourth-order valence-corrected chi connectivity index (χ4v) is 3.68. The van der Waals surface area contributed by atoms with Crippen molar-refractivity contribution in [2.75, 3.05) is 13.1 Å². The maximum atomic E-state index is 13.1. The summed E-state index contributed by atoms with van der Waals surface area (Å²) in [6.07, 6.45) is -4.22. The van der Waals surface area contributed by atoms with Crippen molar-refractivity contribution >= 4 is 5.91 Å². The lowest BCUT2D eigenvalue weighted by Crippen LogP contribution is -2.47. The quantitative estimate of drug-likeness (QED) is 0.768. The molecular formula is C18H20F3N7O2. The Bertz CT molecular complexity index is 909. The molecule has 0 spiro atoms. The molecule has 9 nitrogen and oxygen atoms in total. The number of benzene rings is 1. The highest BCUT2D eigenvalue weighted by atomic mass is 19.4. The van der Waals surface area contributed by atoms with E-state index in [0.717, 1.165) is 5.56 Å². The van der Waals surface area contributed by atoms with Gasteiger partial charge in [0.15, 0.2) is 6.10 Å². The lowest BCUT2D eigenvalue weighted by Gasteiger charge is -2.35. The lowest BCUT2D eigenvalue weighted by molar-refractivity contribution is -0.169. The maximum absolute atomic E-state index is 13.1. The van der Waals surface area contributed by atoms with E-state index in [9.17, 15) is 18.0 Å². The van der Waals surface area contributed by atoms with Crippen LogP contribution in [0.1, 0.15) is 26.2 Å². The summed E-state index contributed by atoms with van der Waals surface area (Å²) in [4.78, 5) is 14.3. The van der Waals surface area contributed by atoms with Crippen LogP contribution in [0.4, 0.5) is 13.2 Å². The van der Waals surface area contributed by atoms with E-state index < -0.39 is 17.9 Å². The van der Waals surface area contributed by atoms with Gasteiger partial charge in [0.05, 0.1) is 0 Å². The number of aromatic amines is 1. The van der Waals surface area contributed by atoms with Crippen LogP contribution in [0.5, 0.6) is 5.75 Å². The first-order valence-corrected chi connectivity index (χ1v) is 9.57. The molecule has 0 aliphatic carbocycles. The first-order chi connectivity index (χ1) is 14.3. The van der Waals surface area contributed by atoms with Crippen molar-refractivity contribution in [3.63, 3.8) is 0 Å². The molecule has 2 atom stereocenters. The third-order valence-corrected chi connectivity index (χ3v) is 5.32. The van der Waals surface area contributed by atoms with Gasteiger partial charge in [-0.25, -0.2) is 0 Å². The third kappa shape index (κ3) is 4.12. The zero-order valence-electron chi connectivity index (χ0n) is 16.1. The molecule has 2 unspecified atom stereocenters. The SMILES string of the molecule is CC(Oc1ccc(-c2nn[nH]n2)cc1)C(=O)N1CCCC(CC2(C(F)(F)F)N=N2)C1. The molecule has 1 saturated heterocycles. The van der Waals surface area contributed by atoms with Crippen molar-refractivity contribution in [1.29, 1.82) is 0 Å². The number of aromatic nitrogens is 4. The summed E-state index contributed by atoms with van der Waals surface area (Å²) in [6, 6.07) is 6.87. The van der Waals surface area contributed by atoms with Crippen molar-refractivity contribution in [3.8, 4) is 17.1 Å². The van der Waals surface area contributed by atoms with Crippen LogP contribution in [0.25, 0.3) is 11.4 Å². The molecule has 2 aliphatic rings. The van der Waals surface area contributed by atoms with Crippen molar-refractivity contribution in [1.82, 2.24) is 25.5 Å². The van der Waals surface area contributed by atoms with Gasteiger partial charge in [0.25, 0.3) is 11.6 Å². The predicted molar refractivity (Wildman–Crippen MR) is 97.3 cm³/mol. The van der Waals surface area contributed by atoms with Crippen LogP contribution < -0.4 is 4.74 Å². The van der Waals surface area contributed by atoms with E-state index in [-0.39, 0.29) is 24.8 Å². The van der Waals surface area contributed by atoms with E-state index in [4.69, 9.17) is 4.74 Å². The number of tetrazole rings is 1. The lowest BCUT2D eigenvalue weighted by atomic mass is 9.89. The van der Waals surface area contributed by atoms with Gasteiger partial charge < -0.3 is 9.64 Å². The average Bonchev–Trinajstić information content (AvgIpc) is 3.31. The van der Waals surface area contributed by atoms with Gasteiger partial charge in [-0.1, -0.05) is 0 Å². The van der Waals surface area contributed by atoms with Crippen molar-refractivity contribution in [2.24, 2.45) is 16.1 Å². The Hall–Kier alpha value is -3.05. The highest BCUT2D eigenvalue weighted by Gasteiger charge is 2.64. The van der Waals surface area contributed by atoms with Gasteiger partial charge in [0.1, 0.15) is 5.75 Å². The first kappa shape index (κ1) is 20.2. The Morgan fingerprint density at radius 2 is 2.07 bits per heavy atom. The fourth-order valence-electron chi connectivity index (χ4n) is 3.68. The van der Waals surface area contributed by atoms with E-state index in [1.807, 2.05) is 0 Å². The molecule has 0 radical (unpaired) electrons. The molecule has 12 heteroatoms. The maximum Gasteiger partial charge on any atom is 0.437 e. The second-order valence-electron chi connectivity index (χ2n) is 7.53. The monoisotopic (exact) mass is 423 g/mol. The Balaban J connectivity index is 1.33. The normalized spacial score (nSPS) is 21.3. The Labute approximate surface area is 169 Å². The largest absolute Gasteiger partial charge is 0.481 e. The smallest absolute Gasteiger partial charge is 0.437 e. The number of amides is 1. The van der Waals surface area contributed by atoms with E-state index in [0.29, 0.717) is 31.0 Å². The average molecular weight is 423 g/mol. The summed E-state index contributed by atoms with van der Waals surface area (Å²) >= 11 is 0. The molecule has 0 bridgehead atoms. The number of H-pyrrole nitrogens is 1. The highest BCUT2D eigenvalue weighted by molar-refractivity contribution is 5.81. The zero-order chi connectivity index (χ0) is 21.4. The van der Waals surface area contributed by atoms with E-state index in [1.54, 1.807) is 36.1 Å². The number of nitrogens with one attached hydrogen (secondary N) is 1. The topological polar surface area (TPSA) is 109 Å². The molecule has 4 rings (SSSR count). The van der Waals surface area contributed by atoms with E-state index in [1.165, 1.54) is 0 Å². The van der Waals surface area contributed by atoms with Crippen LogP contribution >= 0.6 is 0 Å². The molecular weight excluding hydrogens is 403 g/mol. The number of halogens is 3. The number of carbonyl (C=O) groups is 1. The molecule has 3 heterocycles. The Kier molecular flexibility index (Phi) is 5.16. The molecule has 1 aromatic carbocycles. The number of likely N-dealkylation sites (tertiary alicyclic amines) is 1. The highest BCUT2D eigenvalue weighted by Crippen LogP contribution is 2.49. The van der Waals surface area contributed by atoms with Gasteiger partial charge in [-0.05, 0) is 55.2 Å². The van der Waals surface area contributed by atoms with Gasteiger partial charge in [-0.3, -0.25) is 4.79 Å². The van der Waals surface area contributed by atoms with Crippen LogP contribution in [0, 0.1) is 5.92 Å². The van der Waals surface area contributed by atoms with Crippen LogP contribution in [0.2, 0.25) is 0 Å². The molecule has 30 heavy (non-hydrogen) atoms. The van der Waals surface area contributed by atoms with Crippen LogP contribution in [-0.4, -0.2) is 62.5 Å². The number of alkyl halides is 3. The van der Waals surface area contributed by atoms with Crippen molar-refractivity contribution in [2.45, 2.75) is 44.1 Å². The molecule has 1 N–H and O–H groups in total. The number of carbonyl (C=O) groups excluding carboxylic acids is 1. The van der Waals surface area contributed by atoms with E-state index in [2.05, 4.69) is 30.9 Å². The van der Waals surface area contributed by atoms with Gasteiger partial charge in [0, 0.05) is 25.1 Å². The second kappa shape index (κ2) is 7.65. The van der Waals surface area contributed by atoms with Crippen LogP contribution in [0.15, 0.2) is 34.5 Å². The molecule has 1 fully saturated rings. The Morgan fingerprint density at radius 3 is 2.67 bits per heavy atom. The number of hydrogen-bond acceptors (Lipinski definition) is 7. The standard InChI is InChI=1S/C18H20F3N7O2/c1-11(30-14-6-4-13(5-7-14)15-22-26-27-23-15)16(29)28-8-2-3-12(10-28)9-17(24-25-17)18(19,20)21/h4-7,11-12H,2-3,8-10H2,1H3,(H,22,23,26,27). The number of ether oxygens (including phenoxy) is 1. The number of hydrogen-bond donors (Lipinski definition) is 1.